The van der Waals surface area contributed by atoms with E-state index in [1.54, 1.807) is 35.1 Å². The minimum Gasteiger partial charge on any atom is -0.462 e. The lowest BCUT2D eigenvalue weighted by Gasteiger charge is -2.36. The maximum atomic E-state index is 14.0. The number of unbranched alkanes of at least 4 members (excludes halogenated alkanes) is 2. The number of cyclic esters (lactones) is 2. The van der Waals surface area contributed by atoms with Gasteiger partial charge < -0.3 is 53.2 Å². The van der Waals surface area contributed by atoms with Crippen LogP contribution in [0.25, 0.3) is 44.6 Å². The molecule has 0 aliphatic carbocycles. The fourth-order valence-corrected chi connectivity index (χ4v) is 13.5. The number of phosphoric ester groups is 1. The third kappa shape index (κ3) is 15.9. The highest BCUT2D eigenvalue weighted by Crippen LogP contribution is 2.51. The third-order valence-corrected chi connectivity index (χ3v) is 18.5. The maximum Gasteiger partial charge on any atom is 0.472 e. The Morgan fingerprint density at radius 2 is 1.20 bits per heavy atom. The van der Waals surface area contributed by atoms with Crippen molar-refractivity contribution in [2.45, 2.75) is 161 Å². The zero-order valence-electron chi connectivity index (χ0n) is 52.2. The van der Waals surface area contributed by atoms with Crippen LogP contribution in [0.3, 0.4) is 0 Å². The van der Waals surface area contributed by atoms with Crippen LogP contribution < -0.4 is 16.4 Å². The van der Waals surface area contributed by atoms with Gasteiger partial charge in [-0.1, -0.05) is 70.5 Å². The van der Waals surface area contributed by atoms with Gasteiger partial charge in [0.1, 0.15) is 31.1 Å². The average molecular weight is 1310 g/mol. The highest BCUT2D eigenvalue weighted by molar-refractivity contribution is 7.60. The van der Waals surface area contributed by atoms with E-state index in [-0.39, 0.29) is 112 Å². The molecule has 2 aromatic carbocycles. The molecule has 0 bridgehead atoms. The van der Waals surface area contributed by atoms with E-state index in [2.05, 4.69) is 19.2 Å². The van der Waals surface area contributed by atoms with E-state index in [0.29, 0.717) is 40.4 Å². The number of nitrogens with zero attached hydrogens (tertiary/aromatic N) is 4. The normalized spacial score (nSPS) is 17.8. The molecule has 0 radical (unpaired) electrons. The summed E-state index contributed by atoms with van der Waals surface area (Å²) in [6, 6.07) is 22.5. The molecule has 0 saturated carbocycles. The molecular formula is C65H77N5O20P2. The number of amides is 1. The number of hydrogen-bond acceptors (Lipinski definition) is 21. The molecule has 0 spiro atoms. The van der Waals surface area contributed by atoms with Gasteiger partial charge in [-0.15, -0.1) is 0 Å². The van der Waals surface area contributed by atoms with Gasteiger partial charge in [-0.2, -0.15) is 0 Å². The molecule has 492 valence electrons. The summed E-state index contributed by atoms with van der Waals surface area (Å²) in [5.74, 6) is -3.86. The summed E-state index contributed by atoms with van der Waals surface area (Å²) in [6.07, 6.45) is -1.93. The van der Waals surface area contributed by atoms with Crippen LogP contribution in [0.5, 0.6) is 0 Å². The Hall–Kier alpha value is -7.89. The molecule has 6 aromatic rings. The molecule has 0 saturated heterocycles. The molecule has 25 nitrogen and oxygen atoms in total. The van der Waals surface area contributed by atoms with E-state index in [1.165, 1.54) is 13.3 Å². The smallest absolute Gasteiger partial charge is 0.462 e. The number of phosphoric acid groups is 1. The van der Waals surface area contributed by atoms with E-state index in [4.69, 9.17) is 47.8 Å². The number of nitrogens with one attached hydrogen (secondary N) is 1. The van der Waals surface area contributed by atoms with Gasteiger partial charge in [-0.25, -0.2) is 19.3 Å². The number of carbonyl (C=O) groups is 7. The second-order valence-electron chi connectivity index (χ2n) is 22.5. The lowest BCUT2D eigenvalue weighted by molar-refractivity contribution is -0.189. The van der Waals surface area contributed by atoms with Crippen molar-refractivity contribution in [1.82, 2.24) is 24.4 Å². The molecule has 0 fully saturated rings. The van der Waals surface area contributed by atoms with Gasteiger partial charge in [0.05, 0.1) is 77.8 Å². The van der Waals surface area contributed by atoms with E-state index in [1.807, 2.05) is 67.6 Å². The fourth-order valence-electron chi connectivity index (χ4n) is 11.2. The van der Waals surface area contributed by atoms with Gasteiger partial charge in [0.2, 0.25) is 11.5 Å². The minimum absolute atomic E-state index is 0.0394. The van der Waals surface area contributed by atoms with Gasteiger partial charge in [0.15, 0.2) is 11.6 Å². The van der Waals surface area contributed by atoms with Crippen molar-refractivity contribution in [2.24, 2.45) is 0 Å². The van der Waals surface area contributed by atoms with Crippen molar-refractivity contribution < 1.29 is 86.0 Å². The number of benzene rings is 2. The minimum atomic E-state index is -4.91. The van der Waals surface area contributed by atoms with Gasteiger partial charge in [-0.3, -0.25) is 47.4 Å². The SMILES string of the molecule is CCC.CCNC(C)=O.CC[C@]1(PC(=O)CCCCC(=O)OC(COC(=O)CCCCC(=O)O[C@]2(CC)C(=O)OCc3c2cc2n(c3=O)Cc3cc4ccccc4nc3-2)COP(=O)(O)OCC(O)CO)C(=O)OCc2c1cc1n(c2=O)Cc2cc3ccccc3nc2-1. The predicted octanol–water partition coefficient (Wildman–Crippen LogP) is 7.56. The molecule has 4 N–H and O–H groups in total. The first-order valence-electron chi connectivity index (χ1n) is 30.8. The number of esters is 5. The Balaban J connectivity index is 0.00000113. The fraction of sp³-hybridized carbons (Fsp3) is 0.462. The number of carbonyl (C=O) groups excluding carboxylic acids is 7. The van der Waals surface area contributed by atoms with Gasteiger partial charge in [0, 0.05) is 66.6 Å². The number of pyridine rings is 4. The van der Waals surface area contributed by atoms with Crippen LogP contribution in [0.2, 0.25) is 0 Å². The van der Waals surface area contributed by atoms with Crippen molar-refractivity contribution in [2.75, 3.05) is 33.0 Å². The summed E-state index contributed by atoms with van der Waals surface area (Å²) in [4.78, 5) is 138. The average Bonchev–Trinajstić information content (AvgIpc) is 1.42. The quantitative estimate of drug-likeness (QED) is 0.0176. The summed E-state index contributed by atoms with van der Waals surface area (Å²) in [5.41, 5.74) is 3.55. The predicted molar refractivity (Wildman–Crippen MR) is 337 cm³/mol. The molecule has 1 amide bonds. The molecule has 4 aliphatic rings. The third-order valence-electron chi connectivity index (χ3n) is 15.8. The number of aliphatic hydroxyl groups excluding tert-OH is 2. The highest BCUT2D eigenvalue weighted by atomic mass is 31.2. The first-order valence-corrected chi connectivity index (χ1v) is 33.3. The topological polar surface area (TPSA) is 344 Å². The lowest BCUT2D eigenvalue weighted by Crippen LogP contribution is -2.47. The summed E-state index contributed by atoms with van der Waals surface area (Å²) < 4.78 is 53.2. The summed E-state index contributed by atoms with van der Waals surface area (Å²) in [5, 5.41) is 21.7. The first-order chi connectivity index (χ1) is 44.0. The molecule has 4 aromatic heterocycles. The van der Waals surface area contributed by atoms with Crippen molar-refractivity contribution >= 4 is 79.5 Å². The zero-order chi connectivity index (χ0) is 66.5. The molecule has 4 unspecified atom stereocenters. The molecule has 27 heteroatoms. The van der Waals surface area contributed by atoms with E-state index in [9.17, 15) is 57.7 Å². The van der Waals surface area contributed by atoms with Crippen molar-refractivity contribution in [3.8, 4) is 22.8 Å². The standard InChI is InChI=1S/C58H60N4O19P2.C4H9NO.C3H8/c1-3-57(41-23-45-51-35(21-33-13-5-7-15-43(33)59-51)25-61(45)53(69)39(41)31-76-55(57)71)81-49(67)19-10-9-17-47(65)75-29-38(30-79-83(73,74)78-28-37(64)27-63)80-48(66)18-11-12-20-50(68)82-58(4-2)42-24-46-52-36(22-34-14-6-8-16-44(34)60-52)26-62(46)54(70)40(42)32-77-56(58)72;1-3-5-4(2)6;1-3-2/h5-8,13-16,21-24,37-38,63-64,82H,3-4,9-12,17-20,25-32H2,1-2H3,(H,73,74);3H2,1-2H3,(H,5,6);3H2,1-2H3/t37?,38?,57-,58+;;/m0../s1. The Labute approximate surface area is 531 Å². The number of ether oxygens (including phenoxy) is 5. The summed E-state index contributed by atoms with van der Waals surface area (Å²) >= 11 is 0. The van der Waals surface area contributed by atoms with Gasteiger partial charge in [-0.05, 0) is 96.0 Å². The largest absolute Gasteiger partial charge is 0.472 e. The van der Waals surface area contributed by atoms with Crippen LogP contribution in [0, 0.1) is 0 Å². The van der Waals surface area contributed by atoms with Gasteiger partial charge in [0.25, 0.3) is 11.1 Å². The summed E-state index contributed by atoms with van der Waals surface area (Å²) in [6.45, 7) is 8.72. The molecule has 8 heterocycles. The second-order valence-corrected chi connectivity index (χ2v) is 25.6. The molecular weight excluding hydrogens is 1230 g/mol. The second kappa shape index (κ2) is 31.2. The van der Waals surface area contributed by atoms with Crippen LogP contribution in [0.4, 0.5) is 0 Å². The molecule has 10 rings (SSSR count). The lowest BCUT2D eigenvalue weighted by atomic mass is 9.85. The number of fused-ring (bicyclic) bond motifs is 10. The number of hydrogen-bond donors (Lipinski definition) is 4. The Morgan fingerprint density at radius 3 is 1.73 bits per heavy atom. The van der Waals surface area contributed by atoms with E-state index < -0.39 is 101 Å². The Bertz CT molecular complexity index is 3960. The number of rotatable bonds is 26. The van der Waals surface area contributed by atoms with Gasteiger partial charge >= 0.3 is 37.7 Å². The zero-order valence-corrected chi connectivity index (χ0v) is 54.1. The van der Waals surface area contributed by atoms with Crippen molar-refractivity contribution in [3.05, 3.63) is 127 Å². The monoisotopic (exact) mass is 1310 g/mol. The van der Waals surface area contributed by atoms with Crippen LogP contribution in [-0.4, -0.2) is 121 Å². The number of aliphatic hydroxyl groups is 2. The van der Waals surface area contributed by atoms with Crippen molar-refractivity contribution in [1.29, 1.82) is 0 Å². The van der Waals surface area contributed by atoms with Crippen LogP contribution >= 0.6 is 16.4 Å². The van der Waals surface area contributed by atoms with Crippen LogP contribution in [-0.2, 0) is 108 Å². The molecule has 6 atom stereocenters. The molecule has 92 heavy (non-hydrogen) atoms. The highest BCUT2D eigenvalue weighted by Gasteiger charge is 2.51. The number of para-hydroxylation sites is 2. The summed E-state index contributed by atoms with van der Waals surface area (Å²) in [7, 11) is -5.52. The van der Waals surface area contributed by atoms with E-state index >= 15 is 0 Å². The Morgan fingerprint density at radius 1 is 0.685 bits per heavy atom. The van der Waals surface area contributed by atoms with E-state index in [0.717, 1.165) is 39.5 Å². The Kier molecular flexibility index (Phi) is 23.7. The maximum absolute atomic E-state index is 14.0. The van der Waals surface area contributed by atoms with Crippen LogP contribution in [0.1, 0.15) is 146 Å². The first kappa shape index (κ1) is 70.0. The number of aromatic nitrogens is 4. The van der Waals surface area contributed by atoms with Crippen LogP contribution in [0.15, 0.2) is 82.4 Å². The molecule has 4 aliphatic heterocycles. The van der Waals surface area contributed by atoms with Crippen molar-refractivity contribution in [3.63, 3.8) is 0 Å².